The SMILES string of the molecule is NC(=NC[C@H](O)c1ccccc1)Nc1ccccc1. The summed E-state index contributed by atoms with van der Waals surface area (Å²) in [4.78, 5) is 4.13. The zero-order valence-corrected chi connectivity index (χ0v) is 10.5. The Morgan fingerprint density at radius 1 is 1.05 bits per heavy atom. The van der Waals surface area contributed by atoms with Crippen LogP contribution in [0.25, 0.3) is 0 Å². The molecule has 0 spiro atoms. The topological polar surface area (TPSA) is 70.6 Å². The smallest absolute Gasteiger partial charge is 0.193 e. The van der Waals surface area contributed by atoms with E-state index in [1.165, 1.54) is 0 Å². The zero-order chi connectivity index (χ0) is 13.5. The first-order valence-electron chi connectivity index (χ1n) is 6.10. The van der Waals surface area contributed by atoms with Crippen molar-refractivity contribution in [2.75, 3.05) is 11.9 Å². The van der Waals surface area contributed by atoms with E-state index in [0.29, 0.717) is 5.96 Å². The molecule has 4 heteroatoms. The molecule has 0 aliphatic rings. The van der Waals surface area contributed by atoms with E-state index in [9.17, 15) is 5.11 Å². The number of anilines is 1. The lowest BCUT2D eigenvalue weighted by Crippen LogP contribution is -2.23. The molecule has 98 valence electrons. The summed E-state index contributed by atoms with van der Waals surface area (Å²) in [7, 11) is 0. The van der Waals surface area contributed by atoms with E-state index >= 15 is 0 Å². The maximum absolute atomic E-state index is 9.95. The number of benzene rings is 2. The van der Waals surface area contributed by atoms with E-state index in [1.54, 1.807) is 0 Å². The van der Waals surface area contributed by atoms with Crippen molar-refractivity contribution in [1.29, 1.82) is 0 Å². The van der Waals surface area contributed by atoms with Gasteiger partial charge in [-0.2, -0.15) is 0 Å². The molecule has 0 heterocycles. The zero-order valence-electron chi connectivity index (χ0n) is 10.5. The Balaban J connectivity index is 1.91. The first-order valence-corrected chi connectivity index (χ1v) is 6.10. The third-order valence-electron chi connectivity index (χ3n) is 2.67. The fraction of sp³-hybridized carbons (Fsp3) is 0.133. The molecule has 1 atom stereocenters. The van der Waals surface area contributed by atoms with E-state index < -0.39 is 6.10 Å². The van der Waals surface area contributed by atoms with Crippen molar-refractivity contribution in [2.24, 2.45) is 10.7 Å². The van der Waals surface area contributed by atoms with Crippen LogP contribution in [0.3, 0.4) is 0 Å². The number of hydrogen-bond acceptors (Lipinski definition) is 2. The lowest BCUT2D eigenvalue weighted by atomic mass is 10.1. The van der Waals surface area contributed by atoms with Gasteiger partial charge in [0.2, 0.25) is 0 Å². The number of hydrogen-bond donors (Lipinski definition) is 3. The van der Waals surface area contributed by atoms with Crippen LogP contribution in [-0.2, 0) is 0 Å². The van der Waals surface area contributed by atoms with Gasteiger partial charge in [-0.25, -0.2) is 0 Å². The van der Waals surface area contributed by atoms with E-state index in [2.05, 4.69) is 10.3 Å². The van der Waals surface area contributed by atoms with Gasteiger partial charge in [0.25, 0.3) is 0 Å². The number of nitrogens with zero attached hydrogens (tertiary/aromatic N) is 1. The molecule has 2 rings (SSSR count). The molecule has 0 fully saturated rings. The molecule has 2 aromatic rings. The van der Waals surface area contributed by atoms with Crippen molar-refractivity contribution in [1.82, 2.24) is 0 Å². The maximum atomic E-state index is 9.95. The van der Waals surface area contributed by atoms with Gasteiger partial charge in [0, 0.05) is 5.69 Å². The van der Waals surface area contributed by atoms with Crippen molar-refractivity contribution in [3.05, 3.63) is 66.2 Å². The molecule has 0 aliphatic heterocycles. The van der Waals surface area contributed by atoms with Crippen LogP contribution >= 0.6 is 0 Å². The Morgan fingerprint density at radius 2 is 1.63 bits per heavy atom. The standard InChI is InChI=1S/C15H17N3O/c16-15(18-13-9-5-2-6-10-13)17-11-14(19)12-7-3-1-4-8-12/h1-10,14,19H,11H2,(H3,16,17,18)/t14-/m0/s1. The van der Waals surface area contributed by atoms with Gasteiger partial charge in [0.1, 0.15) is 0 Å². The Labute approximate surface area is 112 Å². The average molecular weight is 255 g/mol. The summed E-state index contributed by atoms with van der Waals surface area (Å²) in [5.74, 6) is 0.293. The Kier molecular flexibility index (Phi) is 4.53. The van der Waals surface area contributed by atoms with Crippen LogP contribution in [0.5, 0.6) is 0 Å². The van der Waals surface area contributed by atoms with Crippen molar-refractivity contribution < 1.29 is 5.11 Å². The van der Waals surface area contributed by atoms with Crippen LogP contribution < -0.4 is 11.1 Å². The lowest BCUT2D eigenvalue weighted by molar-refractivity contribution is 0.187. The predicted molar refractivity (Wildman–Crippen MR) is 78.0 cm³/mol. The lowest BCUT2D eigenvalue weighted by Gasteiger charge is -2.09. The molecule has 0 amide bonds. The minimum Gasteiger partial charge on any atom is -0.386 e. The van der Waals surface area contributed by atoms with Crippen molar-refractivity contribution in [3.8, 4) is 0 Å². The van der Waals surface area contributed by atoms with Gasteiger partial charge in [0.05, 0.1) is 12.6 Å². The second kappa shape index (κ2) is 6.56. The third-order valence-corrected chi connectivity index (χ3v) is 2.67. The fourth-order valence-electron chi connectivity index (χ4n) is 1.67. The quantitative estimate of drug-likeness (QED) is 0.579. The molecule has 0 aliphatic carbocycles. The highest BCUT2D eigenvalue weighted by molar-refractivity contribution is 5.92. The van der Waals surface area contributed by atoms with Crippen LogP contribution in [0.4, 0.5) is 5.69 Å². The monoisotopic (exact) mass is 255 g/mol. The number of nitrogens with two attached hydrogens (primary N) is 1. The molecular weight excluding hydrogens is 238 g/mol. The normalized spacial score (nSPS) is 13.0. The number of nitrogens with one attached hydrogen (secondary N) is 1. The third kappa shape index (κ3) is 4.12. The Hall–Kier alpha value is -2.33. The largest absolute Gasteiger partial charge is 0.386 e. The second-order valence-corrected chi connectivity index (χ2v) is 4.14. The highest BCUT2D eigenvalue weighted by Crippen LogP contribution is 2.12. The average Bonchev–Trinajstić information content (AvgIpc) is 2.47. The fourth-order valence-corrected chi connectivity index (χ4v) is 1.67. The summed E-state index contributed by atoms with van der Waals surface area (Å²) >= 11 is 0. The predicted octanol–water partition coefficient (Wildman–Crippen LogP) is 2.15. The summed E-state index contributed by atoms with van der Waals surface area (Å²) in [5.41, 5.74) is 7.47. The number of rotatable bonds is 4. The van der Waals surface area contributed by atoms with Gasteiger partial charge in [-0.05, 0) is 17.7 Å². The summed E-state index contributed by atoms with van der Waals surface area (Å²) in [6.07, 6.45) is -0.641. The number of aliphatic hydroxyl groups excluding tert-OH is 1. The van der Waals surface area contributed by atoms with Crippen LogP contribution in [0.2, 0.25) is 0 Å². The molecule has 0 aromatic heterocycles. The van der Waals surface area contributed by atoms with Crippen molar-refractivity contribution in [2.45, 2.75) is 6.10 Å². The first kappa shape index (κ1) is 13.1. The van der Waals surface area contributed by atoms with E-state index in [4.69, 9.17) is 5.73 Å². The van der Waals surface area contributed by atoms with Gasteiger partial charge >= 0.3 is 0 Å². The summed E-state index contributed by atoms with van der Waals surface area (Å²) in [6.45, 7) is 0.232. The van der Waals surface area contributed by atoms with Crippen molar-refractivity contribution >= 4 is 11.6 Å². The van der Waals surface area contributed by atoms with E-state index in [1.807, 2.05) is 60.7 Å². The van der Waals surface area contributed by atoms with E-state index in [0.717, 1.165) is 11.3 Å². The maximum Gasteiger partial charge on any atom is 0.193 e. The van der Waals surface area contributed by atoms with Crippen LogP contribution in [-0.4, -0.2) is 17.6 Å². The van der Waals surface area contributed by atoms with Gasteiger partial charge in [-0.15, -0.1) is 0 Å². The molecule has 0 bridgehead atoms. The summed E-state index contributed by atoms with van der Waals surface area (Å²) < 4.78 is 0. The highest BCUT2D eigenvalue weighted by Gasteiger charge is 2.05. The molecule has 19 heavy (non-hydrogen) atoms. The Bertz CT molecular complexity index is 526. The van der Waals surface area contributed by atoms with Gasteiger partial charge in [-0.3, -0.25) is 4.99 Å². The highest BCUT2D eigenvalue weighted by atomic mass is 16.3. The summed E-state index contributed by atoms with van der Waals surface area (Å²) in [6, 6.07) is 18.9. The number of aliphatic hydroxyl groups is 1. The molecule has 2 aromatic carbocycles. The molecule has 0 unspecified atom stereocenters. The van der Waals surface area contributed by atoms with Gasteiger partial charge in [-0.1, -0.05) is 48.5 Å². The molecule has 4 nitrogen and oxygen atoms in total. The number of aliphatic imine (C=N–C) groups is 1. The minimum absolute atomic E-state index is 0.232. The molecular formula is C15H17N3O. The number of para-hydroxylation sites is 1. The van der Waals surface area contributed by atoms with Crippen molar-refractivity contribution in [3.63, 3.8) is 0 Å². The van der Waals surface area contributed by atoms with Gasteiger partial charge < -0.3 is 16.2 Å². The van der Waals surface area contributed by atoms with Crippen LogP contribution in [0.15, 0.2) is 65.7 Å². The van der Waals surface area contributed by atoms with Crippen LogP contribution in [0, 0.1) is 0 Å². The second-order valence-electron chi connectivity index (χ2n) is 4.14. The number of guanidine groups is 1. The minimum atomic E-state index is -0.641. The Morgan fingerprint density at radius 3 is 2.26 bits per heavy atom. The molecule has 0 saturated carbocycles. The summed E-state index contributed by atoms with van der Waals surface area (Å²) in [5, 5.41) is 12.9. The molecule has 4 N–H and O–H groups in total. The molecule has 0 radical (unpaired) electrons. The van der Waals surface area contributed by atoms with Gasteiger partial charge in [0.15, 0.2) is 5.96 Å². The molecule has 0 saturated heterocycles. The first-order chi connectivity index (χ1) is 9.25. The van der Waals surface area contributed by atoms with E-state index in [-0.39, 0.29) is 6.54 Å². The van der Waals surface area contributed by atoms with Crippen LogP contribution in [0.1, 0.15) is 11.7 Å².